The zero-order valence-electron chi connectivity index (χ0n) is 15.2. The molecule has 1 saturated carbocycles. The molecule has 27 heavy (non-hydrogen) atoms. The van der Waals surface area contributed by atoms with E-state index in [4.69, 9.17) is 14.2 Å². The van der Waals surface area contributed by atoms with Crippen LogP contribution >= 0.6 is 0 Å². The van der Waals surface area contributed by atoms with Crippen LogP contribution in [0.2, 0.25) is 0 Å². The Balaban J connectivity index is 1.36. The number of aliphatic hydroxyl groups is 1. The van der Waals surface area contributed by atoms with Crippen molar-refractivity contribution in [1.29, 1.82) is 0 Å². The average molecular weight is 369 g/mol. The summed E-state index contributed by atoms with van der Waals surface area (Å²) in [5.74, 6) is 2.06. The van der Waals surface area contributed by atoms with Gasteiger partial charge in [0.2, 0.25) is 12.7 Å². The van der Waals surface area contributed by atoms with Gasteiger partial charge in [0.25, 0.3) is 0 Å². The van der Waals surface area contributed by atoms with Gasteiger partial charge in [0, 0.05) is 12.1 Å². The van der Waals surface area contributed by atoms with Crippen molar-refractivity contribution in [2.24, 2.45) is 0 Å². The van der Waals surface area contributed by atoms with Crippen LogP contribution < -0.4 is 19.5 Å². The van der Waals surface area contributed by atoms with Gasteiger partial charge in [-0.25, -0.2) is 0 Å². The summed E-state index contributed by atoms with van der Waals surface area (Å²) in [6.07, 6.45) is 1.36. The second-order valence-electron chi connectivity index (χ2n) is 6.96. The molecule has 0 radical (unpaired) electrons. The van der Waals surface area contributed by atoms with Crippen molar-refractivity contribution in [1.82, 2.24) is 5.32 Å². The minimum absolute atomic E-state index is 0.00936. The van der Waals surface area contributed by atoms with Crippen LogP contribution in [0.1, 0.15) is 36.5 Å². The van der Waals surface area contributed by atoms with E-state index in [0.29, 0.717) is 24.5 Å². The molecule has 0 spiro atoms. The number of aliphatic hydroxyl groups excluding tert-OH is 1. The average Bonchev–Trinajstić information content (AvgIpc) is 3.38. The summed E-state index contributed by atoms with van der Waals surface area (Å²) < 4.78 is 16.0. The number of benzene rings is 2. The standard InChI is InChI=1S/C21H23NO5/c1-25-17-5-3-2-4-15(17)21(9-10-21)20(24)22-11-8-16(23)14-6-7-18-19(12-14)27-13-26-18/h2-7,12,16,23H,8-11,13H2,1H3,(H,22,24). The molecular weight excluding hydrogens is 346 g/mol. The molecule has 1 amide bonds. The van der Waals surface area contributed by atoms with Crippen molar-refractivity contribution in [2.75, 3.05) is 20.4 Å². The smallest absolute Gasteiger partial charge is 0.231 e. The van der Waals surface area contributed by atoms with Crippen LogP contribution in [0.4, 0.5) is 0 Å². The molecule has 4 rings (SSSR count). The molecule has 1 aliphatic heterocycles. The number of para-hydroxylation sites is 1. The lowest BCUT2D eigenvalue weighted by molar-refractivity contribution is -0.123. The number of nitrogens with one attached hydrogen (secondary N) is 1. The summed E-state index contributed by atoms with van der Waals surface area (Å²) in [6.45, 7) is 0.599. The van der Waals surface area contributed by atoms with Gasteiger partial charge in [-0.3, -0.25) is 4.79 Å². The summed E-state index contributed by atoms with van der Waals surface area (Å²) in [5.41, 5.74) is 1.18. The Hall–Kier alpha value is -2.73. The third kappa shape index (κ3) is 3.32. The summed E-state index contributed by atoms with van der Waals surface area (Å²) in [6, 6.07) is 13.1. The van der Waals surface area contributed by atoms with E-state index in [0.717, 1.165) is 29.7 Å². The molecule has 2 aliphatic rings. The Morgan fingerprint density at radius 2 is 2.00 bits per heavy atom. The van der Waals surface area contributed by atoms with E-state index in [9.17, 15) is 9.90 Å². The largest absolute Gasteiger partial charge is 0.496 e. The zero-order valence-corrected chi connectivity index (χ0v) is 15.2. The molecule has 1 heterocycles. The molecule has 1 aliphatic carbocycles. The molecule has 2 N–H and O–H groups in total. The van der Waals surface area contributed by atoms with Gasteiger partial charge in [-0.1, -0.05) is 24.3 Å². The second kappa shape index (κ2) is 7.12. The number of methoxy groups -OCH3 is 1. The third-order valence-corrected chi connectivity index (χ3v) is 5.29. The number of rotatable bonds is 7. The van der Waals surface area contributed by atoms with E-state index < -0.39 is 11.5 Å². The van der Waals surface area contributed by atoms with Gasteiger partial charge in [0.1, 0.15) is 5.75 Å². The van der Waals surface area contributed by atoms with Gasteiger partial charge in [0.15, 0.2) is 11.5 Å². The highest BCUT2D eigenvalue weighted by molar-refractivity contribution is 5.92. The maximum Gasteiger partial charge on any atom is 0.231 e. The third-order valence-electron chi connectivity index (χ3n) is 5.29. The van der Waals surface area contributed by atoms with Crippen LogP contribution in [-0.4, -0.2) is 31.5 Å². The minimum atomic E-state index is -0.679. The summed E-state index contributed by atoms with van der Waals surface area (Å²) in [4.78, 5) is 12.8. The lowest BCUT2D eigenvalue weighted by atomic mass is 9.94. The van der Waals surface area contributed by atoms with E-state index in [1.54, 1.807) is 19.2 Å². The highest BCUT2D eigenvalue weighted by Gasteiger charge is 2.52. The lowest BCUT2D eigenvalue weighted by Crippen LogP contribution is -2.36. The monoisotopic (exact) mass is 369 g/mol. The molecule has 0 aromatic heterocycles. The molecule has 1 unspecified atom stereocenters. The van der Waals surface area contributed by atoms with E-state index >= 15 is 0 Å². The number of hydrogen-bond acceptors (Lipinski definition) is 5. The maximum atomic E-state index is 12.8. The first kappa shape index (κ1) is 17.7. The molecule has 1 fully saturated rings. The highest BCUT2D eigenvalue weighted by Crippen LogP contribution is 2.51. The summed E-state index contributed by atoms with van der Waals surface area (Å²) in [5, 5.41) is 13.4. The zero-order chi connectivity index (χ0) is 18.9. The molecule has 0 bridgehead atoms. The Morgan fingerprint density at radius 1 is 1.22 bits per heavy atom. The van der Waals surface area contributed by atoms with Crippen molar-refractivity contribution in [3.63, 3.8) is 0 Å². The van der Waals surface area contributed by atoms with Crippen LogP contribution in [0, 0.1) is 0 Å². The van der Waals surface area contributed by atoms with Crippen molar-refractivity contribution >= 4 is 5.91 Å². The van der Waals surface area contributed by atoms with Crippen molar-refractivity contribution in [3.8, 4) is 17.2 Å². The summed E-state index contributed by atoms with van der Waals surface area (Å²) in [7, 11) is 1.62. The lowest BCUT2D eigenvalue weighted by Gasteiger charge is -2.19. The molecule has 6 nitrogen and oxygen atoms in total. The SMILES string of the molecule is COc1ccccc1C1(C(=O)NCCC(O)c2ccc3c(c2)OCO3)CC1. The number of carbonyl (C=O) groups is 1. The van der Waals surface area contributed by atoms with E-state index in [-0.39, 0.29) is 12.7 Å². The Labute approximate surface area is 158 Å². The highest BCUT2D eigenvalue weighted by atomic mass is 16.7. The van der Waals surface area contributed by atoms with E-state index in [1.165, 1.54) is 0 Å². The Morgan fingerprint density at radius 3 is 2.78 bits per heavy atom. The van der Waals surface area contributed by atoms with Crippen LogP contribution in [0.15, 0.2) is 42.5 Å². The minimum Gasteiger partial charge on any atom is -0.496 e. The van der Waals surface area contributed by atoms with Gasteiger partial charge in [-0.15, -0.1) is 0 Å². The molecular formula is C21H23NO5. The quantitative estimate of drug-likeness (QED) is 0.785. The van der Waals surface area contributed by atoms with Crippen molar-refractivity contribution < 1.29 is 24.1 Å². The predicted octanol–water partition coefficient (Wildman–Crippen LogP) is 2.70. The maximum absolute atomic E-state index is 12.8. The van der Waals surface area contributed by atoms with Crippen molar-refractivity contribution in [3.05, 3.63) is 53.6 Å². The number of amides is 1. The number of ether oxygens (including phenoxy) is 3. The van der Waals surface area contributed by atoms with Crippen LogP contribution in [0.5, 0.6) is 17.2 Å². The number of carbonyl (C=O) groups excluding carboxylic acids is 1. The second-order valence-corrected chi connectivity index (χ2v) is 6.96. The number of fused-ring (bicyclic) bond motifs is 1. The van der Waals surface area contributed by atoms with Crippen molar-refractivity contribution in [2.45, 2.75) is 30.8 Å². The molecule has 1 atom stereocenters. The topological polar surface area (TPSA) is 77.0 Å². The van der Waals surface area contributed by atoms with Gasteiger partial charge in [-0.2, -0.15) is 0 Å². The fourth-order valence-corrected chi connectivity index (χ4v) is 3.56. The van der Waals surface area contributed by atoms with E-state index in [1.807, 2.05) is 30.3 Å². The molecule has 6 heteroatoms. The van der Waals surface area contributed by atoms with Gasteiger partial charge in [0.05, 0.1) is 18.6 Å². The van der Waals surface area contributed by atoms with Gasteiger partial charge < -0.3 is 24.6 Å². The molecule has 0 saturated heterocycles. The Bertz CT molecular complexity index is 846. The summed E-state index contributed by atoms with van der Waals surface area (Å²) >= 11 is 0. The van der Waals surface area contributed by atoms with Crippen LogP contribution in [0.25, 0.3) is 0 Å². The normalized spacial score (nSPS) is 17.3. The van der Waals surface area contributed by atoms with Crippen LogP contribution in [-0.2, 0) is 10.2 Å². The molecule has 2 aromatic carbocycles. The first-order chi connectivity index (χ1) is 13.1. The molecule has 2 aromatic rings. The van der Waals surface area contributed by atoms with E-state index in [2.05, 4.69) is 5.32 Å². The van der Waals surface area contributed by atoms with Crippen LogP contribution in [0.3, 0.4) is 0 Å². The first-order valence-corrected chi connectivity index (χ1v) is 9.13. The fourth-order valence-electron chi connectivity index (χ4n) is 3.56. The predicted molar refractivity (Wildman–Crippen MR) is 99.1 cm³/mol. The van der Waals surface area contributed by atoms with Gasteiger partial charge in [-0.05, 0) is 43.0 Å². The first-order valence-electron chi connectivity index (χ1n) is 9.13. The molecule has 142 valence electrons. The fraction of sp³-hybridized carbons (Fsp3) is 0.381. The number of hydrogen-bond donors (Lipinski definition) is 2. The van der Waals surface area contributed by atoms with Gasteiger partial charge >= 0.3 is 0 Å². The Kier molecular flexibility index (Phi) is 4.66.